The zero-order chi connectivity index (χ0) is 10.8. The van der Waals surface area contributed by atoms with E-state index in [9.17, 15) is 5.11 Å². The van der Waals surface area contributed by atoms with Gasteiger partial charge in [0.1, 0.15) is 5.75 Å². The Morgan fingerprint density at radius 3 is 2.73 bits per heavy atom. The first-order valence-electron chi connectivity index (χ1n) is 5.37. The topological polar surface area (TPSA) is 20.2 Å². The number of allylic oxidation sites excluding steroid dienone is 2. The maximum atomic E-state index is 9.87. The molecule has 15 heavy (non-hydrogen) atoms. The number of phenolic OH excluding ortho intramolecular Hbond substituents is 1. The van der Waals surface area contributed by atoms with E-state index in [1.807, 2.05) is 13.0 Å². The maximum absolute atomic E-state index is 9.87. The molecule has 0 saturated heterocycles. The lowest BCUT2D eigenvalue weighted by Crippen LogP contribution is -1.93. The van der Waals surface area contributed by atoms with Crippen molar-refractivity contribution < 1.29 is 5.11 Å². The van der Waals surface area contributed by atoms with Crippen molar-refractivity contribution in [3.63, 3.8) is 0 Å². The van der Waals surface area contributed by atoms with E-state index in [2.05, 4.69) is 6.08 Å². The minimum absolute atomic E-state index is 0.352. The van der Waals surface area contributed by atoms with Gasteiger partial charge in [0.15, 0.2) is 0 Å². The van der Waals surface area contributed by atoms with Gasteiger partial charge in [0.05, 0.1) is 0 Å². The van der Waals surface area contributed by atoms with E-state index < -0.39 is 0 Å². The number of aromatic hydroxyl groups is 1. The molecule has 1 aromatic carbocycles. The summed E-state index contributed by atoms with van der Waals surface area (Å²) in [5, 5.41) is 10.6. The standard InChI is InChI=1S/C13H15ClO/c1-9-7-13(15)11(8-12(9)14)10-5-3-2-4-6-10/h5,7-8,15H,2-4,6H2,1H3. The molecule has 1 aliphatic carbocycles. The van der Waals surface area contributed by atoms with Crippen molar-refractivity contribution in [2.24, 2.45) is 0 Å². The van der Waals surface area contributed by atoms with Crippen molar-refractivity contribution in [1.82, 2.24) is 0 Å². The Bertz CT molecular complexity index is 407. The lowest BCUT2D eigenvalue weighted by Gasteiger charge is -2.15. The Labute approximate surface area is 95.4 Å². The van der Waals surface area contributed by atoms with Crippen molar-refractivity contribution in [3.05, 3.63) is 34.4 Å². The largest absolute Gasteiger partial charge is 0.507 e. The van der Waals surface area contributed by atoms with Crippen LogP contribution in [0.25, 0.3) is 5.57 Å². The molecule has 0 atom stereocenters. The van der Waals surface area contributed by atoms with E-state index >= 15 is 0 Å². The highest BCUT2D eigenvalue weighted by Crippen LogP contribution is 2.35. The Morgan fingerprint density at radius 2 is 2.07 bits per heavy atom. The predicted molar refractivity (Wildman–Crippen MR) is 64.3 cm³/mol. The number of benzene rings is 1. The van der Waals surface area contributed by atoms with E-state index in [4.69, 9.17) is 11.6 Å². The Morgan fingerprint density at radius 1 is 1.27 bits per heavy atom. The maximum Gasteiger partial charge on any atom is 0.123 e. The predicted octanol–water partition coefficient (Wildman–Crippen LogP) is 4.31. The third kappa shape index (κ3) is 2.18. The third-order valence-corrected chi connectivity index (χ3v) is 3.32. The zero-order valence-corrected chi connectivity index (χ0v) is 9.64. The number of phenols is 1. The molecule has 0 fully saturated rings. The second-order valence-electron chi connectivity index (χ2n) is 4.09. The number of rotatable bonds is 1. The molecule has 0 unspecified atom stereocenters. The number of hydrogen-bond acceptors (Lipinski definition) is 1. The van der Waals surface area contributed by atoms with Crippen LogP contribution in [0.1, 0.15) is 36.8 Å². The Balaban J connectivity index is 2.43. The van der Waals surface area contributed by atoms with Gasteiger partial charge in [-0.2, -0.15) is 0 Å². The van der Waals surface area contributed by atoms with Crippen LogP contribution >= 0.6 is 11.6 Å². The molecule has 0 radical (unpaired) electrons. The molecule has 0 bridgehead atoms. The van der Waals surface area contributed by atoms with E-state index in [1.54, 1.807) is 6.07 Å². The lowest BCUT2D eigenvalue weighted by molar-refractivity contribution is 0.472. The highest BCUT2D eigenvalue weighted by molar-refractivity contribution is 6.31. The first kappa shape index (κ1) is 10.6. The van der Waals surface area contributed by atoms with Crippen molar-refractivity contribution in [2.45, 2.75) is 32.6 Å². The average molecular weight is 223 g/mol. The minimum atomic E-state index is 0.352. The minimum Gasteiger partial charge on any atom is -0.507 e. The Hall–Kier alpha value is -0.950. The second kappa shape index (κ2) is 4.28. The zero-order valence-electron chi connectivity index (χ0n) is 8.89. The number of hydrogen-bond donors (Lipinski definition) is 1. The summed E-state index contributed by atoms with van der Waals surface area (Å²) in [6.45, 7) is 1.90. The van der Waals surface area contributed by atoms with Crippen LogP contribution < -0.4 is 0 Å². The van der Waals surface area contributed by atoms with Crippen LogP contribution in [-0.4, -0.2) is 5.11 Å². The highest BCUT2D eigenvalue weighted by atomic mass is 35.5. The van der Waals surface area contributed by atoms with E-state index in [0.29, 0.717) is 5.75 Å². The van der Waals surface area contributed by atoms with Crippen molar-refractivity contribution >= 4 is 17.2 Å². The normalized spacial score (nSPS) is 16.3. The monoisotopic (exact) mass is 222 g/mol. The van der Waals surface area contributed by atoms with Crippen LogP contribution in [0.4, 0.5) is 0 Å². The number of aryl methyl sites for hydroxylation is 1. The van der Waals surface area contributed by atoms with Crippen LogP contribution in [-0.2, 0) is 0 Å². The van der Waals surface area contributed by atoms with Gasteiger partial charge in [0, 0.05) is 10.6 Å². The summed E-state index contributed by atoms with van der Waals surface area (Å²) < 4.78 is 0. The summed E-state index contributed by atoms with van der Waals surface area (Å²) in [6, 6.07) is 3.62. The molecule has 2 rings (SSSR count). The molecular weight excluding hydrogens is 208 g/mol. The van der Waals surface area contributed by atoms with Gasteiger partial charge in [-0.15, -0.1) is 0 Å². The van der Waals surface area contributed by atoms with Gasteiger partial charge < -0.3 is 5.11 Å². The SMILES string of the molecule is Cc1cc(O)c(C2=CCCCC2)cc1Cl. The van der Waals surface area contributed by atoms with Crippen LogP contribution in [0.2, 0.25) is 5.02 Å². The van der Waals surface area contributed by atoms with Crippen LogP contribution in [0.5, 0.6) is 5.75 Å². The summed E-state index contributed by atoms with van der Waals surface area (Å²) in [6.07, 6.45) is 6.83. The molecule has 2 heteroatoms. The smallest absolute Gasteiger partial charge is 0.123 e. The second-order valence-corrected chi connectivity index (χ2v) is 4.50. The first-order valence-corrected chi connectivity index (χ1v) is 5.75. The fraction of sp³-hybridized carbons (Fsp3) is 0.385. The van der Waals surface area contributed by atoms with Gasteiger partial charge in [0.25, 0.3) is 0 Å². The van der Waals surface area contributed by atoms with Gasteiger partial charge in [-0.05, 0) is 55.9 Å². The van der Waals surface area contributed by atoms with Crippen molar-refractivity contribution in [2.75, 3.05) is 0 Å². The van der Waals surface area contributed by atoms with Crippen LogP contribution in [0.3, 0.4) is 0 Å². The van der Waals surface area contributed by atoms with Gasteiger partial charge in [-0.1, -0.05) is 17.7 Å². The third-order valence-electron chi connectivity index (χ3n) is 2.91. The fourth-order valence-electron chi connectivity index (χ4n) is 2.01. The molecule has 1 nitrogen and oxygen atoms in total. The van der Waals surface area contributed by atoms with Crippen LogP contribution in [0, 0.1) is 6.92 Å². The molecule has 0 aromatic heterocycles. The fourth-order valence-corrected chi connectivity index (χ4v) is 2.17. The van der Waals surface area contributed by atoms with Crippen LogP contribution in [0.15, 0.2) is 18.2 Å². The van der Waals surface area contributed by atoms with Crippen molar-refractivity contribution in [1.29, 1.82) is 0 Å². The molecule has 1 aliphatic rings. The summed E-state index contributed by atoms with van der Waals surface area (Å²) in [7, 11) is 0. The number of halogens is 1. The van der Waals surface area contributed by atoms with Gasteiger partial charge in [-0.25, -0.2) is 0 Å². The highest BCUT2D eigenvalue weighted by Gasteiger charge is 2.12. The van der Waals surface area contributed by atoms with Gasteiger partial charge >= 0.3 is 0 Å². The molecular formula is C13H15ClO. The van der Waals surface area contributed by atoms with E-state index in [0.717, 1.165) is 29.0 Å². The summed E-state index contributed by atoms with van der Waals surface area (Å²) >= 11 is 6.07. The lowest BCUT2D eigenvalue weighted by atomic mass is 9.92. The first-order chi connectivity index (χ1) is 7.18. The quantitative estimate of drug-likeness (QED) is 0.751. The molecule has 80 valence electrons. The van der Waals surface area contributed by atoms with Crippen molar-refractivity contribution in [3.8, 4) is 5.75 Å². The molecule has 0 aliphatic heterocycles. The van der Waals surface area contributed by atoms with Gasteiger partial charge in [0.2, 0.25) is 0 Å². The molecule has 0 spiro atoms. The van der Waals surface area contributed by atoms with E-state index in [-0.39, 0.29) is 0 Å². The molecule has 1 N–H and O–H groups in total. The molecule has 0 saturated carbocycles. The molecule has 0 heterocycles. The molecule has 1 aromatic rings. The Kier molecular flexibility index (Phi) is 3.01. The average Bonchev–Trinajstić information content (AvgIpc) is 2.25. The van der Waals surface area contributed by atoms with Gasteiger partial charge in [-0.3, -0.25) is 0 Å². The summed E-state index contributed by atoms with van der Waals surface area (Å²) in [5.74, 6) is 0.352. The van der Waals surface area contributed by atoms with E-state index in [1.165, 1.54) is 18.4 Å². The molecule has 0 amide bonds. The summed E-state index contributed by atoms with van der Waals surface area (Å²) in [4.78, 5) is 0. The summed E-state index contributed by atoms with van der Waals surface area (Å²) in [5.41, 5.74) is 3.07.